The van der Waals surface area contributed by atoms with Gasteiger partial charge in [-0.2, -0.15) is 5.10 Å². The van der Waals surface area contributed by atoms with Gasteiger partial charge in [-0.05, 0) is 38.8 Å². The molecular formula is C21H31N5O. The van der Waals surface area contributed by atoms with Crippen molar-refractivity contribution in [2.75, 3.05) is 19.7 Å². The number of nitrogens with one attached hydrogen (secondary N) is 2. The Balaban J connectivity index is 1.99. The largest absolute Gasteiger partial charge is 0.489 e. The summed E-state index contributed by atoms with van der Waals surface area (Å²) < 4.78 is 7.64. The number of rotatable bonds is 9. The normalized spacial score (nSPS) is 11.3. The number of nitrogens with zero attached hydrogens (tertiary/aromatic N) is 3. The first-order chi connectivity index (χ1) is 13.1. The molecule has 27 heavy (non-hydrogen) atoms. The molecule has 0 aliphatic carbocycles. The van der Waals surface area contributed by atoms with E-state index in [4.69, 9.17) is 9.73 Å². The average molecular weight is 370 g/mol. The number of guanidine groups is 1. The van der Waals surface area contributed by atoms with Crippen LogP contribution in [0.3, 0.4) is 0 Å². The van der Waals surface area contributed by atoms with E-state index in [2.05, 4.69) is 43.1 Å². The van der Waals surface area contributed by atoms with Gasteiger partial charge in [-0.25, -0.2) is 4.99 Å². The van der Waals surface area contributed by atoms with Crippen LogP contribution in [0.1, 0.15) is 29.4 Å². The number of para-hydroxylation sites is 1. The van der Waals surface area contributed by atoms with Crippen molar-refractivity contribution in [1.82, 2.24) is 20.4 Å². The fourth-order valence-corrected chi connectivity index (χ4v) is 2.92. The second-order valence-electron chi connectivity index (χ2n) is 6.35. The molecule has 0 fully saturated rings. The molecule has 0 spiro atoms. The maximum atomic E-state index is 5.71. The molecule has 0 aliphatic heterocycles. The lowest BCUT2D eigenvalue weighted by molar-refractivity contribution is 0.359. The van der Waals surface area contributed by atoms with Crippen LogP contribution in [0.15, 0.2) is 41.9 Å². The molecule has 0 saturated carbocycles. The molecule has 2 aromatic rings. The molecule has 0 saturated heterocycles. The van der Waals surface area contributed by atoms with Crippen LogP contribution in [-0.4, -0.2) is 35.4 Å². The van der Waals surface area contributed by atoms with Crippen LogP contribution in [0.25, 0.3) is 0 Å². The smallest absolute Gasteiger partial charge is 0.191 e. The molecule has 1 heterocycles. The number of hydrogen-bond donors (Lipinski definition) is 2. The van der Waals surface area contributed by atoms with E-state index in [1.807, 2.05) is 36.0 Å². The first-order valence-electron chi connectivity index (χ1n) is 9.39. The lowest BCUT2D eigenvalue weighted by Crippen LogP contribution is -2.38. The summed E-state index contributed by atoms with van der Waals surface area (Å²) in [5.74, 6) is 1.65. The predicted molar refractivity (Wildman–Crippen MR) is 111 cm³/mol. The van der Waals surface area contributed by atoms with E-state index in [0.29, 0.717) is 13.2 Å². The van der Waals surface area contributed by atoms with Crippen molar-refractivity contribution in [2.45, 2.75) is 33.7 Å². The van der Waals surface area contributed by atoms with E-state index < -0.39 is 0 Å². The van der Waals surface area contributed by atoms with Crippen molar-refractivity contribution in [3.63, 3.8) is 0 Å². The Labute approximate surface area is 162 Å². The minimum Gasteiger partial charge on any atom is -0.489 e. The van der Waals surface area contributed by atoms with E-state index in [0.717, 1.165) is 42.5 Å². The number of benzene rings is 1. The zero-order valence-electron chi connectivity index (χ0n) is 16.9. The van der Waals surface area contributed by atoms with E-state index in [9.17, 15) is 0 Å². The van der Waals surface area contributed by atoms with Crippen LogP contribution >= 0.6 is 0 Å². The Bertz CT molecular complexity index is 779. The zero-order chi connectivity index (χ0) is 19.6. The van der Waals surface area contributed by atoms with Crippen molar-refractivity contribution in [3.05, 3.63) is 59.4 Å². The Hall–Kier alpha value is -2.76. The van der Waals surface area contributed by atoms with Gasteiger partial charge in [0.2, 0.25) is 0 Å². The molecule has 146 valence electrons. The molecule has 0 atom stereocenters. The summed E-state index contributed by atoms with van der Waals surface area (Å²) in [5.41, 5.74) is 4.65. The molecular weight excluding hydrogens is 338 g/mol. The number of ether oxygens (including phenoxy) is 1. The number of aromatic nitrogens is 2. The van der Waals surface area contributed by atoms with Gasteiger partial charge in [0, 0.05) is 31.4 Å². The van der Waals surface area contributed by atoms with Gasteiger partial charge in [-0.15, -0.1) is 0 Å². The van der Waals surface area contributed by atoms with Gasteiger partial charge in [-0.1, -0.05) is 30.9 Å². The van der Waals surface area contributed by atoms with Crippen LogP contribution in [0, 0.1) is 13.8 Å². The maximum Gasteiger partial charge on any atom is 0.191 e. The van der Waals surface area contributed by atoms with Crippen LogP contribution in [0.2, 0.25) is 0 Å². The van der Waals surface area contributed by atoms with Gasteiger partial charge in [0.15, 0.2) is 5.96 Å². The maximum absolute atomic E-state index is 5.71. The molecule has 1 aromatic carbocycles. The number of aliphatic imine (C=N–C) groups is 1. The summed E-state index contributed by atoms with van der Waals surface area (Å²) in [7, 11) is 1.98. The minimum atomic E-state index is 0.489. The fraction of sp³-hybridized carbons (Fsp3) is 0.429. The molecule has 0 amide bonds. The minimum absolute atomic E-state index is 0.489. The van der Waals surface area contributed by atoms with Crippen LogP contribution in [0.5, 0.6) is 5.75 Å². The summed E-state index contributed by atoms with van der Waals surface area (Å²) >= 11 is 0. The molecule has 0 aliphatic rings. The lowest BCUT2D eigenvalue weighted by atomic mass is 10.1. The van der Waals surface area contributed by atoms with Crippen molar-refractivity contribution in [2.24, 2.45) is 12.0 Å². The Morgan fingerprint density at radius 2 is 2.07 bits per heavy atom. The third-order valence-corrected chi connectivity index (χ3v) is 4.41. The monoisotopic (exact) mass is 369 g/mol. The summed E-state index contributed by atoms with van der Waals surface area (Å²) in [6.07, 6.45) is 2.66. The van der Waals surface area contributed by atoms with Crippen molar-refractivity contribution < 1.29 is 4.74 Å². The molecule has 6 nitrogen and oxygen atoms in total. The SMILES string of the molecule is C=CCOc1ccccc1CN=C(NCC)NCCc1c(C)nn(C)c1C. The van der Waals surface area contributed by atoms with Crippen LogP contribution in [-0.2, 0) is 20.0 Å². The highest BCUT2D eigenvalue weighted by molar-refractivity contribution is 5.79. The molecule has 2 N–H and O–H groups in total. The third kappa shape index (κ3) is 5.88. The van der Waals surface area contributed by atoms with E-state index >= 15 is 0 Å². The van der Waals surface area contributed by atoms with Gasteiger partial charge in [0.25, 0.3) is 0 Å². The standard InChI is InChI=1S/C21H31N5O/c1-6-14-27-20-11-9-8-10-18(20)15-24-21(22-7-2)23-13-12-19-16(3)25-26(5)17(19)4/h6,8-11H,1,7,12-15H2,2-5H3,(H2,22,23,24). The first-order valence-corrected chi connectivity index (χ1v) is 9.39. The highest BCUT2D eigenvalue weighted by atomic mass is 16.5. The van der Waals surface area contributed by atoms with Crippen molar-refractivity contribution >= 4 is 5.96 Å². The van der Waals surface area contributed by atoms with Gasteiger partial charge in [-0.3, -0.25) is 4.68 Å². The highest BCUT2D eigenvalue weighted by Gasteiger charge is 2.09. The summed E-state index contributed by atoms with van der Waals surface area (Å²) in [6, 6.07) is 7.96. The molecule has 0 unspecified atom stereocenters. The lowest BCUT2D eigenvalue weighted by Gasteiger charge is -2.13. The molecule has 1 aromatic heterocycles. The number of aryl methyl sites for hydroxylation is 2. The highest BCUT2D eigenvalue weighted by Crippen LogP contribution is 2.18. The predicted octanol–water partition coefficient (Wildman–Crippen LogP) is 2.90. The summed E-state index contributed by atoms with van der Waals surface area (Å²) in [5, 5.41) is 11.2. The van der Waals surface area contributed by atoms with Gasteiger partial charge >= 0.3 is 0 Å². The Kier molecular flexibility index (Phi) is 7.92. The first kappa shape index (κ1) is 20.6. The number of hydrogen-bond acceptors (Lipinski definition) is 3. The third-order valence-electron chi connectivity index (χ3n) is 4.41. The molecule has 6 heteroatoms. The molecule has 0 bridgehead atoms. The summed E-state index contributed by atoms with van der Waals surface area (Å²) in [4.78, 5) is 4.70. The van der Waals surface area contributed by atoms with Crippen LogP contribution in [0.4, 0.5) is 0 Å². The zero-order valence-corrected chi connectivity index (χ0v) is 16.9. The van der Waals surface area contributed by atoms with E-state index in [1.165, 1.54) is 11.3 Å². The summed E-state index contributed by atoms with van der Waals surface area (Å²) in [6.45, 7) is 12.6. The van der Waals surface area contributed by atoms with Crippen LogP contribution < -0.4 is 15.4 Å². The van der Waals surface area contributed by atoms with Gasteiger partial charge in [0.1, 0.15) is 12.4 Å². The molecule has 2 rings (SSSR count). The van der Waals surface area contributed by atoms with Crippen molar-refractivity contribution in [3.8, 4) is 5.75 Å². The average Bonchev–Trinajstić information content (AvgIpc) is 2.91. The Morgan fingerprint density at radius 3 is 2.74 bits per heavy atom. The fourth-order valence-electron chi connectivity index (χ4n) is 2.92. The Morgan fingerprint density at radius 1 is 1.30 bits per heavy atom. The second-order valence-corrected chi connectivity index (χ2v) is 6.35. The quantitative estimate of drug-likeness (QED) is 0.405. The van der Waals surface area contributed by atoms with Crippen molar-refractivity contribution in [1.29, 1.82) is 0 Å². The van der Waals surface area contributed by atoms with Gasteiger partial charge in [0.05, 0.1) is 12.2 Å². The van der Waals surface area contributed by atoms with E-state index in [1.54, 1.807) is 6.08 Å². The van der Waals surface area contributed by atoms with Gasteiger partial charge < -0.3 is 15.4 Å². The second kappa shape index (κ2) is 10.4. The van der Waals surface area contributed by atoms with E-state index in [-0.39, 0.29) is 0 Å². The topological polar surface area (TPSA) is 63.5 Å². The molecule has 0 radical (unpaired) electrons.